The zero-order valence-corrected chi connectivity index (χ0v) is 16.6. The highest BCUT2D eigenvalue weighted by atomic mass is 16.5. The lowest BCUT2D eigenvalue weighted by molar-refractivity contribution is -0.123. The van der Waals surface area contributed by atoms with Crippen molar-refractivity contribution in [1.29, 1.82) is 0 Å². The lowest BCUT2D eigenvalue weighted by Crippen LogP contribution is -2.56. The van der Waals surface area contributed by atoms with Crippen LogP contribution < -0.4 is 15.5 Å². The summed E-state index contributed by atoms with van der Waals surface area (Å²) in [5.74, 6) is 3.51. The van der Waals surface area contributed by atoms with Gasteiger partial charge in [0.05, 0.1) is 13.5 Å². The molecule has 150 valence electrons. The number of hydrazone groups is 1. The van der Waals surface area contributed by atoms with Gasteiger partial charge in [0.15, 0.2) is 0 Å². The molecule has 0 spiro atoms. The summed E-state index contributed by atoms with van der Waals surface area (Å²) in [4.78, 5) is 24.7. The van der Waals surface area contributed by atoms with Crippen LogP contribution in [0.1, 0.15) is 55.8 Å². The zero-order valence-electron chi connectivity index (χ0n) is 16.6. The van der Waals surface area contributed by atoms with Gasteiger partial charge in [-0.2, -0.15) is 5.10 Å². The van der Waals surface area contributed by atoms with Gasteiger partial charge >= 0.3 is 0 Å². The molecule has 0 unspecified atom stereocenters. The van der Waals surface area contributed by atoms with Crippen LogP contribution in [0, 0.1) is 23.7 Å². The molecule has 4 aliphatic rings. The molecule has 2 amide bonds. The third kappa shape index (κ3) is 4.05. The lowest BCUT2D eigenvalue weighted by Gasteiger charge is -2.54. The molecular weight excluding hydrogens is 354 g/mol. The number of rotatable bonds is 6. The first-order valence-corrected chi connectivity index (χ1v) is 10.3. The van der Waals surface area contributed by atoms with Crippen molar-refractivity contribution < 1.29 is 14.3 Å². The highest BCUT2D eigenvalue weighted by molar-refractivity contribution is 6.01. The molecule has 4 bridgehead atoms. The molecule has 6 heteroatoms. The summed E-state index contributed by atoms with van der Waals surface area (Å²) < 4.78 is 5.08. The third-order valence-corrected chi connectivity index (χ3v) is 6.67. The minimum absolute atomic E-state index is 0.0115. The standard InChI is InChI=1S/C22H29N3O3/c1-13(24-25-22(27)16-3-5-19(28-2)6-4-16)7-20(26)23-21-17-9-14-8-15(11-17)12-18(21)10-14/h3-6,14-15,17-18,21H,7-12H2,1-2H3,(H,23,26)(H,25,27). The Bertz CT molecular complexity index is 744. The smallest absolute Gasteiger partial charge is 0.271 e. The van der Waals surface area contributed by atoms with E-state index in [0.29, 0.717) is 34.9 Å². The quantitative estimate of drug-likeness (QED) is 0.585. The van der Waals surface area contributed by atoms with E-state index in [0.717, 1.165) is 11.8 Å². The Kier molecular flexibility index (Phi) is 5.38. The number of hydrogen-bond acceptors (Lipinski definition) is 4. The highest BCUT2D eigenvalue weighted by Crippen LogP contribution is 2.53. The molecule has 4 fully saturated rings. The summed E-state index contributed by atoms with van der Waals surface area (Å²) in [5.41, 5.74) is 3.62. The van der Waals surface area contributed by atoms with Crippen LogP contribution in [0.2, 0.25) is 0 Å². The first-order valence-electron chi connectivity index (χ1n) is 10.3. The van der Waals surface area contributed by atoms with Gasteiger partial charge in [0.2, 0.25) is 5.91 Å². The summed E-state index contributed by atoms with van der Waals surface area (Å²) in [6.45, 7) is 1.77. The molecule has 4 saturated carbocycles. The predicted molar refractivity (Wildman–Crippen MR) is 107 cm³/mol. The number of amides is 2. The van der Waals surface area contributed by atoms with Gasteiger partial charge in [0.1, 0.15) is 5.75 Å². The second-order valence-corrected chi connectivity index (χ2v) is 8.72. The first kappa shape index (κ1) is 19.0. The number of methoxy groups -OCH3 is 1. The van der Waals surface area contributed by atoms with Gasteiger partial charge in [-0.3, -0.25) is 9.59 Å². The van der Waals surface area contributed by atoms with Crippen molar-refractivity contribution in [3.8, 4) is 5.75 Å². The van der Waals surface area contributed by atoms with E-state index in [1.165, 1.54) is 32.1 Å². The van der Waals surface area contributed by atoms with Crippen molar-refractivity contribution in [3.05, 3.63) is 29.8 Å². The monoisotopic (exact) mass is 383 g/mol. The van der Waals surface area contributed by atoms with E-state index >= 15 is 0 Å². The number of carbonyl (C=O) groups is 2. The van der Waals surface area contributed by atoms with Gasteiger partial charge in [-0.25, -0.2) is 5.43 Å². The van der Waals surface area contributed by atoms with Crippen LogP contribution in [-0.2, 0) is 4.79 Å². The second kappa shape index (κ2) is 7.94. The van der Waals surface area contributed by atoms with Gasteiger partial charge in [0, 0.05) is 17.3 Å². The normalized spacial score (nSPS) is 30.8. The van der Waals surface area contributed by atoms with Crippen LogP contribution in [0.3, 0.4) is 0 Å². The van der Waals surface area contributed by atoms with Crippen molar-refractivity contribution in [1.82, 2.24) is 10.7 Å². The first-order chi connectivity index (χ1) is 13.5. The fraction of sp³-hybridized carbons (Fsp3) is 0.591. The molecule has 0 radical (unpaired) electrons. The number of carbonyl (C=O) groups excluding carboxylic acids is 2. The maximum Gasteiger partial charge on any atom is 0.271 e. The van der Waals surface area contributed by atoms with E-state index in [1.807, 2.05) is 0 Å². The van der Waals surface area contributed by atoms with Crippen molar-refractivity contribution >= 4 is 17.5 Å². The Morgan fingerprint density at radius 3 is 2.21 bits per heavy atom. The third-order valence-electron chi connectivity index (χ3n) is 6.67. The molecule has 0 aromatic heterocycles. The molecule has 28 heavy (non-hydrogen) atoms. The summed E-state index contributed by atoms with van der Waals surface area (Å²) in [7, 11) is 1.58. The number of ether oxygens (including phenoxy) is 1. The van der Waals surface area contributed by atoms with Crippen molar-refractivity contribution in [2.75, 3.05) is 7.11 Å². The Labute approximate surface area is 166 Å². The Hall–Kier alpha value is -2.37. The van der Waals surface area contributed by atoms with Crippen LogP contribution in [0.15, 0.2) is 29.4 Å². The molecule has 1 aromatic rings. The van der Waals surface area contributed by atoms with Crippen molar-refractivity contribution in [2.45, 2.75) is 51.5 Å². The Balaban J connectivity index is 1.27. The summed E-state index contributed by atoms with van der Waals surface area (Å²) >= 11 is 0. The van der Waals surface area contributed by atoms with Crippen molar-refractivity contribution in [3.63, 3.8) is 0 Å². The fourth-order valence-electron chi connectivity index (χ4n) is 5.62. The molecule has 4 aliphatic carbocycles. The van der Waals surface area contributed by atoms with E-state index in [1.54, 1.807) is 38.3 Å². The van der Waals surface area contributed by atoms with Crippen LogP contribution in [0.4, 0.5) is 0 Å². The lowest BCUT2D eigenvalue weighted by atomic mass is 9.54. The average molecular weight is 383 g/mol. The molecule has 5 rings (SSSR count). The molecule has 6 nitrogen and oxygen atoms in total. The predicted octanol–water partition coefficient (Wildman–Crippen LogP) is 3.13. The van der Waals surface area contributed by atoms with E-state index in [-0.39, 0.29) is 18.2 Å². The molecular formula is C22H29N3O3. The fourth-order valence-corrected chi connectivity index (χ4v) is 5.62. The average Bonchev–Trinajstić information content (AvgIpc) is 2.68. The van der Waals surface area contributed by atoms with Gasteiger partial charge in [-0.1, -0.05) is 0 Å². The van der Waals surface area contributed by atoms with Gasteiger partial charge < -0.3 is 10.1 Å². The number of nitrogens with zero attached hydrogens (tertiary/aromatic N) is 1. The van der Waals surface area contributed by atoms with E-state index in [4.69, 9.17) is 4.74 Å². The number of nitrogens with one attached hydrogen (secondary N) is 2. The SMILES string of the molecule is COc1ccc(C(=O)NN=C(C)CC(=O)NC2C3CC4CC(C3)CC2C4)cc1. The van der Waals surface area contributed by atoms with Crippen LogP contribution in [-0.4, -0.2) is 30.7 Å². The zero-order chi connectivity index (χ0) is 19.7. The number of benzene rings is 1. The Morgan fingerprint density at radius 1 is 1.04 bits per heavy atom. The van der Waals surface area contributed by atoms with Gasteiger partial charge in [-0.15, -0.1) is 0 Å². The van der Waals surface area contributed by atoms with E-state index in [9.17, 15) is 9.59 Å². The second-order valence-electron chi connectivity index (χ2n) is 8.72. The van der Waals surface area contributed by atoms with Crippen LogP contribution in [0.5, 0.6) is 5.75 Å². The van der Waals surface area contributed by atoms with Crippen LogP contribution in [0.25, 0.3) is 0 Å². The van der Waals surface area contributed by atoms with Crippen molar-refractivity contribution in [2.24, 2.45) is 28.8 Å². The minimum Gasteiger partial charge on any atom is -0.497 e. The number of hydrogen-bond donors (Lipinski definition) is 2. The molecule has 0 saturated heterocycles. The molecule has 1 aromatic carbocycles. The molecule has 0 aliphatic heterocycles. The minimum atomic E-state index is -0.302. The van der Waals surface area contributed by atoms with E-state index < -0.39 is 0 Å². The van der Waals surface area contributed by atoms with Gasteiger partial charge in [0.25, 0.3) is 5.91 Å². The molecule has 0 heterocycles. The van der Waals surface area contributed by atoms with Crippen LogP contribution >= 0.6 is 0 Å². The van der Waals surface area contributed by atoms with E-state index in [2.05, 4.69) is 15.8 Å². The largest absolute Gasteiger partial charge is 0.497 e. The molecule has 2 N–H and O–H groups in total. The van der Waals surface area contributed by atoms with Gasteiger partial charge in [-0.05, 0) is 87.0 Å². The maximum atomic E-state index is 12.5. The molecule has 0 atom stereocenters. The maximum absolute atomic E-state index is 12.5. The summed E-state index contributed by atoms with van der Waals surface area (Å²) in [6.07, 6.45) is 6.75. The Morgan fingerprint density at radius 2 is 1.64 bits per heavy atom. The topological polar surface area (TPSA) is 79.8 Å². The summed E-state index contributed by atoms with van der Waals surface area (Å²) in [6, 6.07) is 7.14. The highest BCUT2D eigenvalue weighted by Gasteiger charge is 2.48. The summed E-state index contributed by atoms with van der Waals surface area (Å²) in [5, 5.41) is 7.37.